The van der Waals surface area contributed by atoms with E-state index in [1.165, 1.54) is 18.4 Å². The summed E-state index contributed by atoms with van der Waals surface area (Å²) in [5.74, 6) is 0.772. The summed E-state index contributed by atoms with van der Waals surface area (Å²) in [6.45, 7) is 9.10. The molecule has 1 heterocycles. The van der Waals surface area contributed by atoms with Gasteiger partial charge < -0.3 is 25.1 Å². The number of amides is 1. The highest BCUT2D eigenvalue weighted by molar-refractivity contribution is 5.96. The highest BCUT2D eigenvalue weighted by Crippen LogP contribution is 2.65. The minimum atomic E-state index is -0.927. The number of aliphatic hydroxyl groups excluding tert-OH is 1. The molecule has 4 fully saturated rings. The van der Waals surface area contributed by atoms with Crippen molar-refractivity contribution in [2.24, 2.45) is 39.7 Å². The van der Waals surface area contributed by atoms with E-state index in [1.807, 2.05) is 13.8 Å². The molecule has 8 heteroatoms. The number of hydrogen-bond acceptors (Lipinski definition) is 6. The van der Waals surface area contributed by atoms with E-state index in [4.69, 9.17) is 9.57 Å². The standard InChI is InChI=1S/C31H48N2O6/c1-29(2)17-19(11-14-38-29)25(16-28(36)37)32-27(35)18-39-33-21-9-12-30(3)20(15-21)5-6-22-23-7-8-26(34)31(23,4)13-10-24(22)30/h15,19,22-26,34H,5-14,16-18H2,1-4H3,(H,32,35)(H,36,37)/b33-21+/t19-,22-,23-,24-,25-,26+,30-,31-/m0/s1. The van der Waals surface area contributed by atoms with Crippen LogP contribution in [0.15, 0.2) is 16.8 Å². The number of fused-ring (bicyclic) bond motifs is 5. The van der Waals surface area contributed by atoms with E-state index >= 15 is 0 Å². The van der Waals surface area contributed by atoms with Crippen LogP contribution in [0.5, 0.6) is 0 Å². The van der Waals surface area contributed by atoms with Gasteiger partial charge in [-0.1, -0.05) is 24.6 Å². The molecule has 0 aromatic carbocycles. The lowest BCUT2D eigenvalue weighted by Gasteiger charge is -2.57. The van der Waals surface area contributed by atoms with E-state index in [2.05, 4.69) is 30.4 Å². The molecule has 0 aromatic rings. The van der Waals surface area contributed by atoms with Crippen LogP contribution in [0.25, 0.3) is 0 Å². The number of oxime groups is 1. The third-order valence-corrected chi connectivity index (χ3v) is 11.3. The molecule has 8 nitrogen and oxygen atoms in total. The number of aliphatic carboxylic acids is 1. The summed E-state index contributed by atoms with van der Waals surface area (Å²) in [7, 11) is 0. The van der Waals surface area contributed by atoms with Crippen LogP contribution in [0, 0.1) is 34.5 Å². The van der Waals surface area contributed by atoms with E-state index in [-0.39, 0.29) is 47.4 Å². The van der Waals surface area contributed by atoms with Gasteiger partial charge in [-0.15, -0.1) is 0 Å². The first kappa shape index (κ1) is 28.6. The maximum absolute atomic E-state index is 12.7. The first-order valence-electron chi connectivity index (χ1n) is 15.1. The highest BCUT2D eigenvalue weighted by Gasteiger charge is 2.58. The van der Waals surface area contributed by atoms with Crippen molar-refractivity contribution in [2.45, 2.75) is 116 Å². The molecule has 0 bridgehead atoms. The average molecular weight is 545 g/mol. The number of ether oxygens (including phenoxy) is 1. The third kappa shape index (κ3) is 5.65. The molecule has 1 aliphatic heterocycles. The Morgan fingerprint density at radius 1 is 1.10 bits per heavy atom. The lowest BCUT2D eigenvalue weighted by Crippen LogP contribution is -2.51. The zero-order valence-electron chi connectivity index (χ0n) is 24.2. The highest BCUT2D eigenvalue weighted by atomic mass is 16.6. The first-order valence-corrected chi connectivity index (χ1v) is 15.1. The molecule has 3 N–H and O–H groups in total. The summed E-state index contributed by atoms with van der Waals surface area (Å²) in [6.07, 6.45) is 11.9. The Morgan fingerprint density at radius 3 is 2.64 bits per heavy atom. The Morgan fingerprint density at radius 2 is 1.90 bits per heavy atom. The van der Waals surface area contributed by atoms with Gasteiger partial charge in [0.25, 0.3) is 5.91 Å². The van der Waals surface area contributed by atoms with Crippen LogP contribution in [0.2, 0.25) is 0 Å². The minimum Gasteiger partial charge on any atom is -0.481 e. The van der Waals surface area contributed by atoms with Crippen LogP contribution in [0.1, 0.15) is 98.3 Å². The van der Waals surface area contributed by atoms with Crippen LogP contribution in [0.4, 0.5) is 0 Å². The number of carboxylic acid groups (broad SMARTS) is 1. The number of hydrogen-bond donors (Lipinski definition) is 3. The van der Waals surface area contributed by atoms with Gasteiger partial charge in [-0.3, -0.25) is 9.59 Å². The van der Waals surface area contributed by atoms with Crippen molar-refractivity contribution in [2.75, 3.05) is 13.2 Å². The lowest BCUT2D eigenvalue weighted by molar-refractivity contribution is -0.139. The van der Waals surface area contributed by atoms with Crippen molar-refractivity contribution in [3.63, 3.8) is 0 Å². The number of nitrogens with zero attached hydrogens (tertiary/aromatic N) is 1. The maximum atomic E-state index is 12.7. The van der Waals surface area contributed by atoms with Crippen LogP contribution in [0.3, 0.4) is 0 Å². The molecule has 5 aliphatic rings. The maximum Gasteiger partial charge on any atom is 0.305 e. The Balaban J connectivity index is 1.18. The molecule has 218 valence electrons. The Kier molecular flexibility index (Phi) is 7.92. The monoisotopic (exact) mass is 544 g/mol. The summed E-state index contributed by atoms with van der Waals surface area (Å²) in [6, 6.07) is -0.458. The van der Waals surface area contributed by atoms with Gasteiger partial charge in [0.15, 0.2) is 6.61 Å². The van der Waals surface area contributed by atoms with Crippen LogP contribution in [-0.4, -0.2) is 58.8 Å². The summed E-state index contributed by atoms with van der Waals surface area (Å²) in [4.78, 5) is 29.7. The van der Waals surface area contributed by atoms with Crippen LogP contribution >= 0.6 is 0 Å². The Hall–Kier alpha value is -1.93. The van der Waals surface area contributed by atoms with E-state index in [1.54, 1.807) is 0 Å². The number of rotatable bonds is 7. The van der Waals surface area contributed by atoms with Crippen molar-refractivity contribution >= 4 is 17.6 Å². The molecule has 0 aromatic heterocycles. The molecule has 0 unspecified atom stereocenters. The zero-order chi connectivity index (χ0) is 28.0. The number of aliphatic hydroxyl groups is 1. The minimum absolute atomic E-state index is 0.0427. The quantitative estimate of drug-likeness (QED) is 0.395. The summed E-state index contributed by atoms with van der Waals surface area (Å²) in [5.41, 5.74) is 2.30. The number of carbonyl (C=O) groups excluding carboxylic acids is 1. The molecule has 39 heavy (non-hydrogen) atoms. The second-order valence-corrected chi connectivity index (χ2v) is 14.1. The van der Waals surface area contributed by atoms with Crippen LogP contribution < -0.4 is 5.32 Å². The smallest absolute Gasteiger partial charge is 0.305 e. The summed E-state index contributed by atoms with van der Waals surface area (Å²) >= 11 is 0. The lowest BCUT2D eigenvalue weighted by atomic mass is 9.47. The van der Waals surface area contributed by atoms with E-state index in [0.717, 1.165) is 50.7 Å². The van der Waals surface area contributed by atoms with Gasteiger partial charge in [0.1, 0.15) is 0 Å². The van der Waals surface area contributed by atoms with Gasteiger partial charge in [-0.05, 0) is 119 Å². The van der Waals surface area contributed by atoms with Crippen molar-refractivity contribution in [1.29, 1.82) is 0 Å². The van der Waals surface area contributed by atoms with Crippen molar-refractivity contribution < 1.29 is 29.4 Å². The van der Waals surface area contributed by atoms with Gasteiger partial charge >= 0.3 is 5.97 Å². The molecule has 0 spiro atoms. The van der Waals surface area contributed by atoms with Gasteiger partial charge in [0.2, 0.25) is 0 Å². The average Bonchev–Trinajstić information content (AvgIpc) is 3.17. The molecule has 0 radical (unpaired) electrons. The summed E-state index contributed by atoms with van der Waals surface area (Å²) < 4.78 is 5.77. The Labute approximate surface area is 233 Å². The fourth-order valence-electron chi connectivity index (χ4n) is 9.18. The third-order valence-electron chi connectivity index (χ3n) is 11.3. The van der Waals surface area contributed by atoms with Gasteiger partial charge in [0.05, 0.1) is 23.8 Å². The number of carboxylic acids is 1. The number of allylic oxidation sites excluding steroid dienone is 2. The predicted octanol–water partition coefficient (Wildman–Crippen LogP) is 4.85. The molecule has 5 rings (SSSR count). The molecule has 8 atom stereocenters. The van der Waals surface area contributed by atoms with E-state index < -0.39 is 12.0 Å². The van der Waals surface area contributed by atoms with Crippen molar-refractivity contribution in [3.05, 3.63) is 11.6 Å². The SMILES string of the molecule is CC1(C)C[C@@H]([C@H](CC(=O)O)NC(=O)CO/N=C2/C=C3CC[C@H]4[C@@H]5CC[C@@H](O)[C@@]5(C)CC[C@@H]4[C@@]3(C)CC2)CCO1. The fraction of sp³-hybridized carbons (Fsp3) is 0.839. The first-order chi connectivity index (χ1) is 18.4. The molecule has 1 saturated heterocycles. The molecular formula is C31H48N2O6. The van der Waals surface area contributed by atoms with Crippen molar-refractivity contribution in [3.8, 4) is 0 Å². The van der Waals surface area contributed by atoms with Gasteiger partial charge in [-0.25, -0.2) is 0 Å². The largest absolute Gasteiger partial charge is 0.481 e. The molecule has 4 aliphatic carbocycles. The van der Waals surface area contributed by atoms with Crippen LogP contribution in [-0.2, 0) is 19.2 Å². The molecular weight excluding hydrogens is 496 g/mol. The number of nitrogens with one attached hydrogen (secondary N) is 1. The van der Waals surface area contributed by atoms with E-state index in [9.17, 15) is 19.8 Å². The zero-order valence-corrected chi connectivity index (χ0v) is 24.2. The normalized spacial score (nSPS) is 41.0. The topological polar surface area (TPSA) is 117 Å². The molecule has 1 amide bonds. The second-order valence-electron chi connectivity index (χ2n) is 14.1. The fourth-order valence-corrected chi connectivity index (χ4v) is 9.18. The van der Waals surface area contributed by atoms with Crippen molar-refractivity contribution in [1.82, 2.24) is 5.32 Å². The van der Waals surface area contributed by atoms with Gasteiger partial charge in [0, 0.05) is 12.6 Å². The summed E-state index contributed by atoms with van der Waals surface area (Å²) in [5, 5.41) is 27.3. The van der Waals surface area contributed by atoms with E-state index in [0.29, 0.717) is 30.8 Å². The Bertz CT molecular complexity index is 1020. The predicted molar refractivity (Wildman–Crippen MR) is 148 cm³/mol. The van der Waals surface area contributed by atoms with Gasteiger partial charge in [-0.2, -0.15) is 0 Å². The molecule has 3 saturated carbocycles. The number of carbonyl (C=O) groups is 2. The second kappa shape index (κ2) is 10.8.